The van der Waals surface area contributed by atoms with Gasteiger partial charge >= 0.3 is 0 Å². The molecule has 2 nitrogen and oxygen atoms in total. The number of aryl methyl sites for hydroxylation is 2. The molecule has 0 bridgehead atoms. The highest BCUT2D eigenvalue weighted by Crippen LogP contribution is 2.17. The molecule has 0 spiro atoms. The van der Waals surface area contributed by atoms with E-state index in [2.05, 4.69) is 30.1 Å². The van der Waals surface area contributed by atoms with Crippen LogP contribution < -0.4 is 0 Å². The molecule has 3 heteroatoms. The van der Waals surface area contributed by atoms with E-state index in [-0.39, 0.29) is 0 Å². The van der Waals surface area contributed by atoms with Crippen molar-refractivity contribution < 1.29 is 0 Å². The summed E-state index contributed by atoms with van der Waals surface area (Å²) >= 11 is 5.79. The summed E-state index contributed by atoms with van der Waals surface area (Å²) in [6, 6.07) is 6.38. The van der Waals surface area contributed by atoms with Gasteiger partial charge in [0.05, 0.1) is 16.9 Å². The van der Waals surface area contributed by atoms with Gasteiger partial charge in [-0.1, -0.05) is 13.0 Å². The molecule has 1 heterocycles. The third-order valence-corrected chi connectivity index (χ3v) is 2.80. The van der Waals surface area contributed by atoms with E-state index in [1.54, 1.807) is 0 Å². The Bertz CT molecular complexity index is 460. The van der Waals surface area contributed by atoms with E-state index in [1.165, 1.54) is 5.56 Å². The van der Waals surface area contributed by atoms with Crippen LogP contribution in [0, 0.1) is 0 Å². The van der Waals surface area contributed by atoms with Gasteiger partial charge < -0.3 is 4.57 Å². The molecule has 0 aliphatic rings. The molecule has 1 aromatic heterocycles. The molecular weight excluding hydrogens is 196 g/mol. The van der Waals surface area contributed by atoms with Crippen LogP contribution >= 0.6 is 11.6 Å². The molecule has 0 amide bonds. The molecular formula is C11H13ClN2. The quantitative estimate of drug-likeness (QED) is 0.694. The molecule has 0 unspecified atom stereocenters. The Labute approximate surface area is 88.5 Å². The minimum atomic E-state index is 0.465. The van der Waals surface area contributed by atoms with Crippen molar-refractivity contribution in [3.63, 3.8) is 0 Å². The van der Waals surface area contributed by atoms with Crippen LogP contribution in [0.2, 0.25) is 0 Å². The third-order valence-electron chi connectivity index (χ3n) is 2.57. The Kier molecular flexibility index (Phi) is 2.46. The first-order valence-corrected chi connectivity index (χ1v) is 5.30. The Hall–Kier alpha value is -1.02. The predicted molar refractivity (Wildman–Crippen MR) is 59.6 cm³/mol. The van der Waals surface area contributed by atoms with Crippen LogP contribution in [0.5, 0.6) is 0 Å². The molecule has 0 fully saturated rings. The summed E-state index contributed by atoms with van der Waals surface area (Å²) in [6.07, 6.45) is 1.04. The average molecular weight is 209 g/mol. The third kappa shape index (κ3) is 1.40. The number of aromatic nitrogens is 2. The fourth-order valence-electron chi connectivity index (χ4n) is 1.63. The molecule has 1 aromatic carbocycles. The van der Waals surface area contributed by atoms with Crippen molar-refractivity contribution in [2.75, 3.05) is 0 Å². The van der Waals surface area contributed by atoms with Crippen molar-refractivity contribution in [3.8, 4) is 0 Å². The van der Waals surface area contributed by atoms with Gasteiger partial charge in [0.25, 0.3) is 0 Å². The van der Waals surface area contributed by atoms with Crippen LogP contribution in [0.25, 0.3) is 11.0 Å². The first kappa shape index (κ1) is 9.53. The molecule has 2 rings (SSSR count). The number of nitrogens with zero attached hydrogens (tertiary/aromatic N) is 2. The van der Waals surface area contributed by atoms with Crippen molar-refractivity contribution >= 4 is 22.6 Å². The smallest absolute Gasteiger partial charge is 0.124 e. The van der Waals surface area contributed by atoms with Crippen molar-refractivity contribution in [2.24, 2.45) is 7.05 Å². The zero-order chi connectivity index (χ0) is 10.1. The number of hydrogen-bond donors (Lipinski definition) is 0. The minimum absolute atomic E-state index is 0.465. The summed E-state index contributed by atoms with van der Waals surface area (Å²) in [5.41, 5.74) is 3.51. The summed E-state index contributed by atoms with van der Waals surface area (Å²) in [5, 5.41) is 0. The maximum atomic E-state index is 5.79. The SMILES string of the molecule is CCc1ccc2c(c1)nc(CCl)n2C. The van der Waals surface area contributed by atoms with Gasteiger partial charge in [0.2, 0.25) is 0 Å². The first-order valence-electron chi connectivity index (χ1n) is 4.76. The molecule has 0 atom stereocenters. The Morgan fingerprint density at radius 3 is 2.86 bits per heavy atom. The lowest BCUT2D eigenvalue weighted by molar-refractivity contribution is 0.873. The largest absolute Gasteiger partial charge is 0.330 e. The number of halogens is 1. The number of alkyl halides is 1. The maximum Gasteiger partial charge on any atom is 0.124 e. The Balaban J connectivity index is 2.66. The van der Waals surface area contributed by atoms with Gasteiger partial charge in [0.15, 0.2) is 0 Å². The summed E-state index contributed by atoms with van der Waals surface area (Å²) in [6.45, 7) is 2.15. The van der Waals surface area contributed by atoms with Crippen molar-refractivity contribution in [1.82, 2.24) is 9.55 Å². The lowest BCUT2D eigenvalue weighted by atomic mass is 10.1. The lowest BCUT2D eigenvalue weighted by Gasteiger charge is -1.98. The standard InChI is InChI=1S/C11H13ClN2/c1-3-8-4-5-10-9(6-8)13-11(7-12)14(10)2/h4-6H,3,7H2,1-2H3. The minimum Gasteiger partial charge on any atom is -0.330 e. The summed E-state index contributed by atoms with van der Waals surface area (Å²) in [7, 11) is 2.00. The van der Waals surface area contributed by atoms with Crippen LogP contribution in [0.15, 0.2) is 18.2 Å². The molecule has 0 aliphatic carbocycles. The van der Waals surface area contributed by atoms with E-state index in [0.29, 0.717) is 5.88 Å². The van der Waals surface area contributed by atoms with E-state index >= 15 is 0 Å². The summed E-state index contributed by atoms with van der Waals surface area (Å²) in [4.78, 5) is 4.47. The fourth-order valence-corrected chi connectivity index (χ4v) is 1.87. The van der Waals surface area contributed by atoms with Gasteiger partial charge in [0, 0.05) is 7.05 Å². The molecule has 0 radical (unpaired) electrons. The molecule has 14 heavy (non-hydrogen) atoms. The van der Waals surface area contributed by atoms with Crippen LogP contribution in [0.1, 0.15) is 18.3 Å². The van der Waals surface area contributed by atoms with E-state index < -0.39 is 0 Å². The number of fused-ring (bicyclic) bond motifs is 1. The second-order valence-corrected chi connectivity index (χ2v) is 3.66. The van der Waals surface area contributed by atoms with E-state index in [1.807, 2.05) is 11.6 Å². The van der Waals surface area contributed by atoms with Crippen LogP contribution in [-0.4, -0.2) is 9.55 Å². The van der Waals surface area contributed by atoms with E-state index in [9.17, 15) is 0 Å². The molecule has 0 saturated heterocycles. The van der Waals surface area contributed by atoms with E-state index in [0.717, 1.165) is 23.3 Å². The first-order chi connectivity index (χ1) is 6.76. The molecule has 0 N–H and O–H groups in total. The molecule has 0 saturated carbocycles. The van der Waals surface area contributed by atoms with Crippen LogP contribution in [0.3, 0.4) is 0 Å². The predicted octanol–water partition coefficient (Wildman–Crippen LogP) is 2.87. The van der Waals surface area contributed by atoms with Crippen molar-refractivity contribution in [3.05, 3.63) is 29.6 Å². The Morgan fingerprint density at radius 2 is 2.21 bits per heavy atom. The van der Waals surface area contributed by atoms with E-state index in [4.69, 9.17) is 11.6 Å². The lowest BCUT2D eigenvalue weighted by Crippen LogP contribution is -1.93. The van der Waals surface area contributed by atoms with Gasteiger partial charge in [-0.05, 0) is 24.1 Å². The maximum absolute atomic E-state index is 5.79. The van der Waals surface area contributed by atoms with Gasteiger partial charge in [-0.3, -0.25) is 0 Å². The van der Waals surface area contributed by atoms with Gasteiger partial charge in [-0.15, -0.1) is 11.6 Å². The van der Waals surface area contributed by atoms with Crippen LogP contribution in [-0.2, 0) is 19.3 Å². The zero-order valence-corrected chi connectivity index (χ0v) is 9.17. The van der Waals surface area contributed by atoms with Crippen molar-refractivity contribution in [2.45, 2.75) is 19.2 Å². The second-order valence-electron chi connectivity index (χ2n) is 3.40. The number of rotatable bonds is 2. The highest BCUT2D eigenvalue weighted by atomic mass is 35.5. The summed E-state index contributed by atoms with van der Waals surface area (Å²) in [5.74, 6) is 1.39. The molecule has 74 valence electrons. The zero-order valence-electron chi connectivity index (χ0n) is 8.42. The van der Waals surface area contributed by atoms with Crippen molar-refractivity contribution in [1.29, 1.82) is 0 Å². The fraction of sp³-hybridized carbons (Fsp3) is 0.364. The number of hydrogen-bond acceptors (Lipinski definition) is 1. The second kappa shape index (κ2) is 3.62. The highest BCUT2D eigenvalue weighted by molar-refractivity contribution is 6.16. The molecule has 2 aromatic rings. The Morgan fingerprint density at radius 1 is 1.43 bits per heavy atom. The summed E-state index contributed by atoms with van der Waals surface area (Å²) < 4.78 is 2.04. The topological polar surface area (TPSA) is 17.8 Å². The normalized spacial score (nSPS) is 11.1. The molecule has 0 aliphatic heterocycles. The number of benzene rings is 1. The monoisotopic (exact) mass is 208 g/mol. The number of imidazole rings is 1. The highest BCUT2D eigenvalue weighted by Gasteiger charge is 2.06. The van der Waals surface area contributed by atoms with Gasteiger partial charge in [-0.25, -0.2) is 4.98 Å². The average Bonchev–Trinajstić information content (AvgIpc) is 2.55. The van der Waals surface area contributed by atoms with Crippen LogP contribution in [0.4, 0.5) is 0 Å². The van der Waals surface area contributed by atoms with Gasteiger partial charge in [0.1, 0.15) is 5.82 Å². The van der Waals surface area contributed by atoms with Gasteiger partial charge in [-0.2, -0.15) is 0 Å².